The van der Waals surface area contributed by atoms with Crippen LogP contribution < -0.4 is 16.4 Å². The number of hydrogen-bond acceptors (Lipinski definition) is 3. The lowest BCUT2D eigenvalue weighted by atomic mass is 9.34. The molecule has 0 fully saturated rings. The summed E-state index contributed by atoms with van der Waals surface area (Å²) in [7, 11) is 0. The summed E-state index contributed by atoms with van der Waals surface area (Å²) in [5, 5.41) is 4.99. The maximum Gasteiger partial charge on any atom is 0.252 e. The van der Waals surface area contributed by atoms with Crippen molar-refractivity contribution < 1.29 is 0 Å². The molecule has 0 atom stereocenters. The van der Waals surface area contributed by atoms with E-state index >= 15 is 0 Å². The smallest absolute Gasteiger partial charge is 0.252 e. The molecule has 0 saturated heterocycles. The topological polar surface area (TPSA) is 48.5 Å². The van der Waals surface area contributed by atoms with Crippen LogP contribution in [0.3, 0.4) is 0 Å². The first-order valence-electron chi connectivity index (χ1n) is 21.5. The third kappa shape index (κ3) is 4.86. The molecule has 2 aliphatic rings. The third-order valence-corrected chi connectivity index (χ3v) is 13.5. The van der Waals surface area contributed by atoms with Gasteiger partial charge in [-0.1, -0.05) is 158 Å². The third-order valence-electron chi connectivity index (χ3n) is 13.5. The lowest BCUT2D eigenvalue weighted by Gasteiger charge is -2.34. The van der Waals surface area contributed by atoms with Crippen molar-refractivity contribution in [3.8, 4) is 67.3 Å². The number of para-hydroxylation sites is 2. The molecule has 0 bridgehead atoms. The average molecular weight is 800 g/mol. The quantitative estimate of drug-likeness (QED) is 0.163. The number of fused-ring (bicyclic) bond motifs is 10. The highest BCUT2D eigenvalue weighted by atomic mass is 15.0. The van der Waals surface area contributed by atoms with Gasteiger partial charge in [0.05, 0.1) is 11.0 Å². The van der Waals surface area contributed by atoms with Crippen molar-refractivity contribution in [2.24, 2.45) is 0 Å². The molecule has 290 valence electrons. The Labute approximate surface area is 363 Å². The van der Waals surface area contributed by atoms with Crippen molar-refractivity contribution >= 4 is 66.7 Å². The summed E-state index contributed by atoms with van der Waals surface area (Å²) in [4.78, 5) is 13.8. The molecule has 2 aliphatic heterocycles. The van der Waals surface area contributed by atoms with Gasteiger partial charge in [-0.25, -0.2) is 15.0 Å². The van der Waals surface area contributed by atoms with Gasteiger partial charge >= 0.3 is 0 Å². The van der Waals surface area contributed by atoms with E-state index in [1.807, 2.05) is 0 Å². The minimum absolute atomic E-state index is 0.0222. The molecule has 0 amide bonds. The minimum Gasteiger partial charge on any atom is -0.310 e. The van der Waals surface area contributed by atoms with E-state index < -0.39 is 0 Å². The van der Waals surface area contributed by atoms with Crippen molar-refractivity contribution in [3.63, 3.8) is 0 Å². The van der Waals surface area contributed by atoms with Crippen LogP contribution in [0, 0.1) is 0 Å². The molecular formula is C57H34BN5. The molecule has 63 heavy (non-hydrogen) atoms. The largest absolute Gasteiger partial charge is 0.310 e. The van der Waals surface area contributed by atoms with Crippen LogP contribution >= 0.6 is 0 Å². The minimum atomic E-state index is -0.0222. The Morgan fingerprint density at radius 3 is 1.24 bits per heavy atom. The van der Waals surface area contributed by atoms with E-state index in [0.29, 0.717) is 5.82 Å². The van der Waals surface area contributed by atoms with Crippen LogP contribution in [-0.2, 0) is 0 Å². The Morgan fingerprint density at radius 2 is 0.794 bits per heavy atom. The van der Waals surface area contributed by atoms with E-state index in [1.165, 1.54) is 105 Å². The first-order chi connectivity index (χ1) is 31.3. The molecule has 12 aromatic rings. The first-order valence-corrected chi connectivity index (χ1v) is 21.5. The number of hydrogen-bond donors (Lipinski definition) is 0. The fourth-order valence-electron chi connectivity index (χ4n) is 11.0. The fourth-order valence-corrected chi connectivity index (χ4v) is 11.0. The molecule has 3 aromatic heterocycles. The zero-order valence-electron chi connectivity index (χ0n) is 33.9. The number of rotatable bonds is 5. The van der Waals surface area contributed by atoms with Crippen molar-refractivity contribution in [1.29, 1.82) is 0 Å². The second-order valence-electron chi connectivity index (χ2n) is 16.8. The molecule has 14 rings (SSSR count). The van der Waals surface area contributed by atoms with Gasteiger partial charge < -0.3 is 9.13 Å². The zero-order chi connectivity index (χ0) is 41.2. The Morgan fingerprint density at radius 1 is 0.365 bits per heavy atom. The maximum atomic E-state index is 4.77. The van der Waals surface area contributed by atoms with Gasteiger partial charge in [0.15, 0.2) is 5.82 Å². The summed E-state index contributed by atoms with van der Waals surface area (Å²) in [6.45, 7) is -0.0222. The average Bonchev–Trinajstić information content (AvgIpc) is 3.89. The number of aromatic nitrogens is 5. The molecule has 0 spiro atoms. The van der Waals surface area contributed by atoms with Gasteiger partial charge in [0.1, 0.15) is 12.7 Å². The van der Waals surface area contributed by atoms with Crippen LogP contribution in [0.25, 0.3) is 111 Å². The molecule has 5 heterocycles. The molecule has 0 radical (unpaired) electrons. The second-order valence-corrected chi connectivity index (χ2v) is 16.8. The van der Waals surface area contributed by atoms with Crippen molar-refractivity contribution in [3.05, 3.63) is 207 Å². The highest BCUT2D eigenvalue weighted by molar-refractivity contribution is 7.00. The summed E-state index contributed by atoms with van der Waals surface area (Å²) >= 11 is 0. The van der Waals surface area contributed by atoms with Gasteiger partial charge in [0, 0.05) is 49.5 Å². The van der Waals surface area contributed by atoms with E-state index in [-0.39, 0.29) is 6.71 Å². The Bertz CT molecular complexity index is 3590. The van der Waals surface area contributed by atoms with Gasteiger partial charge in [-0.3, -0.25) is 0 Å². The predicted octanol–water partition coefficient (Wildman–Crippen LogP) is 11.5. The highest BCUT2D eigenvalue weighted by Gasteiger charge is 2.41. The summed E-state index contributed by atoms with van der Waals surface area (Å²) in [5.74, 6) is 0.642. The van der Waals surface area contributed by atoms with E-state index in [2.05, 4.69) is 208 Å². The van der Waals surface area contributed by atoms with Gasteiger partial charge in [0.2, 0.25) is 0 Å². The van der Waals surface area contributed by atoms with E-state index in [0.717, 1.165) is 16.9 Å². The molecule has 0 unspecified atom stereocenters. The highest BCUT2D eigenvalue weighted by Crippen LogP contribution is 2.46. The molecule has 0 aliphatic carbocycles. The SMILES string of the molecule is c1ccc(-c2cc(-c3ccccc3)c3c4cccc5c4n(c3c2)-c2cc(-c3ncncn3)cc3c2B5c2cccc4c5c(-c6ccccc6)cc(-c6ccccc6)cc5n-3c24)cc1. The van der Waals surface area contributed by atoms with Crippen LogP contribution in [0.4, 0.5) is 0 Å². The van der Waals surface area contributed by atoms with Crippen LogP contribution in [0.5, 0.6) is 0 Å². The molecule has 0 saturated carbocycles. The summed E-state index contributed by atoms with van der Waals surface area (Å²) in [5.41, 5.74) is 21.5. The lowest BCUT2D eigenvalue weighted by Crippen LogP contribution is -2.59. The fraction of sp³-hybridized carbons (Fsp3) is 0. The second kappa shape index (κ2) is 13.1. The zero-order valence-corrected chi connectivity index (χ0v) is 33.9. The number of benzene rings is 9. The Kier molecular flexibility index (Phi) is 7.14. The number of nitrogens with zero attached hydrogens (tertiary/aromatic N) is 5. The molecule has 6 heteroatoms. The van der Waals surface area contributed by atoms with Crippen LogP contribution in [-0.4, -0.2) is 30.8 Å². The van der Waals surface area contributed by atoms with Gasteiger partial charge in [-0.15, -0.1) is 0 Å². The van der Waals surface area contributed by atoms with Gasteiger partial charge in [0.25, 0.3) is 6.71 Å². The van der Waals surface area contributed by atoms with Crippen molar-refractivity contribution in [2.75, 3.05) is 0 Å². The molecule has 5 nitrogen and oxygen atoms in total. The summed E-state index contributed by atoms with van der Waals surface area (Å²) < 4.78 is 5.11. The van der Waals surface area contributed by atoms with E-state index in [1.54, 1.807) is 12.7 Å². The Hall–Kier alpha value is -8.35. The van der Waals surface area contributed by atoms with Crippen LogP contribution in [0.1, 0.15) is 0 Å². The molecule has 9 aromatic carbocycles. The first kappa shape index (κ1) is 34.4. The lowest BCUT2D eigenvalue weighted by molar-refractivity contribution is 1.05. The Balaban J connectivity index is 1.18. The van der Waals surface area contributed by atoms with E-state index in [9.17, 15) is 0 Å². The summed E-state index contributed by atoms with van der Waals surface area (Å²) in [6.07, 6.45) is 3.20. The van der Waals surface area contributed by atoms with Gasteiger partial charge in [-0.2, -0.15) is 0 Å². The summed E-state index contributed by atoms with van der Waals surface area (Å²) in [6, 6.07) is 71.5. The monoisotopic (exact) mass is 799 g/mol. The van der Waals surface area contributed by atoms with Gasteiger partial charge in [-0.05, 0) is 97.3 Å². The predicted molar refractivity (Wildman–Crippen MR) is 260 cm³/mol. The standard InChI is InChI=1S/C57H34BN5/c1-5-15-35(16-6-1)39-27-44(37-19-9-3-10-20-37)52-42-23-13-25-46-55(42)62(48(52)29-39)50-31-41(57-60-33-59-34-61-57)32-51-54(50)58(46)47-26-14-24-43-53-45(38-21-11-4-12-22-38)28-40(36-17-7-2-8-18-36)30-49(53)63(51)56(43)47/h1-34H. The van der Waals surface area contributed by atoms with E-state index in [4.69, 9.17) is 9.97 Å². The molecule has 0 N–H and O–H groups in total. The van der Waals surface area contributed by atoms with Crippen molar-refractivity contribution in [1.82, 2.24) is 24.1 Å². The van der Waals surface area contributed by atoms with Crippen LogP contribution in [0.15, 0.2) is 207 Å². The normalized spacial score (nSPS) is 12.4. The maximum absolute atomic E-state index is 4.77. The molecular weight excluding hydrogens is 765 g/mol. The van der Waals surface area contributed by atoms with Crippen LogP contribution in [0.2, 0.25) is 0 Å². The van der Waals surface area contributed by atoms with Crippen molar-refractivity contribution in [2.45, 2.75) is 0 Å².